The molecule has 1 aromatic rings. The van der Waals surface area contributed by atoms with Gasteiger partial charge in [0.15, 0.2) is 0 Å². The molecule has 2 rings (SSSR count). The topological polar surface area (TPSA) is 23.5 Å². The number of hydrogen-bond acceptors (Lipinski definition) is 2. The summed E-state index contributed by atoms with van der Waals surface area (Å²) in [5, 5.41) is 11.9. The molecule has 4 heteroatoms. The number of benzene rings is 1. The van der Waals surface area contributed by atoms with Gasteiger partial charge in [-0.3, -0.25) is 0 Å². The monoisotopic (exact) mass is 315 g/mol. The van der Waals surface area contributed by atoms with Gasteiger partial charge in [-0.2, -0.15) is 0 Å². The van der Waals surface area contributed by atoms with Crippen molar-refractivity contribution < 1.29 is 5.11 Å². The van der Waals surface area contributed by atoms with Gasteiger partial charge in [0.2, 0.25) is 0 Å². The van der Waals surface area contributed by atoms with Crippen LogP contribution < -0.4 is 0 Å². The summed E-state index contributed by atoms with van der Waals surface area (Å²) in [7, 11) is 4.08. The largest absolute Gasteiger partial charge is 0.386 e. The minimum absolute atomic E-state index is 0.249. The summed E-state index contributed by atoms with van der Waals surface area (Å²) < 4.78 is 0. The highest BCUT2D eigenvalue weighted by Gasteiger charge is 2.43. The van der Waals surface area contributed by atoms with Gasteiger partial charge in [-0.15, -0.1) is 0 Å². The molecule has 112 valence electrons. The van der Waals surface area contributed by atoms with Gasteiger partial charge in [0, 0.05) is 5.56 Å². The number of rotatable bonds is 3. The average molecular weight is 316 g/mol. The molecule has 1 atom stereocenters. The minimum Gasteiger partial charge on any atom is -0.386 e. The lowest BCUT2D eigenvalue weighted by Gasteiger charge is -2.48. The Hall–Kier alpha value is -0.280. The van der Waals surface area contributed by atoms with Gasteiger partial charge in [0.25, 0.3) is 0 Å². The Morgan fingerprint density at radius 2 is 1.85 bits per heavy atom. The minimum atomic E-state index is -0.615. The van der Waals surface area contributed by atoms with E-state index in [4.69, 9.17) is 23.2 Å². The van der Waals surface area contributed by atoms with E-state index < -0.39 is 6.10 Å². The summed E-state index contributed by atoms with van der Waals surface area (Å²) in [4.78, 5) is 2.15. The highest BCUT2D eigenvalue weighted by molar-refractivity contribution is 6.42. The standard InChI is InChI=1S/C16H23Cl2NO/c1-11-7-9-16(10-8-11,19(2)3)15(20)12-5-4-6-13(17)14(12)18/h4-6,11,15,20H,7-10H2,1-3H3. The first-order valence-electron chi connectivity index (χ1n) is 7.18. The predicted octanol–water partition coefficient (Wildman–Crippen LogP) is 4.54. The Morgan fingerprint density at radius 1 is 1.25 bits per heavy atom. The lowest BCUT2D eigenvalue weighted by Crippen LogP contribution is -2.51. The Balaban J connectivity index is 2.37. The summed E-state index contributed by atoms with van der Waals surface area (Å²) in [6.45, 7) is 2.28. The maximum absolute atomic E-state index is 11.0. The van der Waals surface area contributed by atoms with Gasteiger partial charge >= 0.3 is 0 Å². The molecule has 20 heavy (non-hydrogen) atoms. The van der Waals surface area contributed by atoms with Crippen LogP contribution >= 0.6 is 23.2 Å². The van der Waals surface area contributed by atoms with Gasteiger partial charge < -0.3 is 10.0 Å². The zero-order valence-corrected chi connectivity index (χ0v) is 13.9. The second-order valence-corrected chi connectivity index (χ2v) is 7.01. The first-order valence-corrected chi connectivity index (χ1v) is 7.93. The van der Waals surface area contributed by atoms with Crippen LogP contribution in [-0.4, -0.2) is 29.6 Å². The van der Waals surface area contributed by atoms with Gasteiger partial charge in [-0.1, -0.05) is 42.3 Å². The molecule has 1 fully saturated rings. The van der Waals surface area contributed by atoms with Crippen molar-refractivity contribution in [2.75, 3.05) is 14.1 Å². The third-order valence-corrected chi connectivity index (χ3v) is 5.65. The lowest BCUT2D eigenvalue weighted by atomic mass is 9.71. The molecule has 1 unspecified atom stereocenters. The summed E-state index contributed by atoms with van der Waals surface area (Å²) in [5.74, 6) is 0.727. The highest BCUT2D eigenvalue weighted by atomic mass is 35.5. The molecular formula is C16H23Cl2NO. The van der Waals surface area contributed by atoms with E-state index in [-0.39, 0.29) is 5.54 Å². The van der Waals surface area contributed by atoms with E-state index >= 15 is 0 Å². The summed E-state index contributed by atoms with van der Waals surface area (Å²) in [6, 6.07) is 5.48. The number of aliphatic hydroxyl groups excluding tert-OH is 1. The van der Waals surface area contributed by atoms with Crippen molar-refractivity contribution in [1.82, 2.24) is 4.90 Å². The van der Waals surface area contributed by atoms with Crippen LogP contribution in [0.25, 0.3) is 0 Å². The van der Waals surface area contributed by atoms with Crippen molar-refractivity contribution in [2.24, 2.45) is 5.92 Å². The molecule has 1 N–H and O–H groups in total. The van der Waals surface area contributed by atoms with Crippen molar-refractivity contribution in [1.29, 1.82) is 0 Å². The third-order valence-electron chi connectivity index (χ3n) is 4.82. The van der Waals surface area contributed by atoms with Crippen LogP contribution in [0.1, 0.15) is 44.3 Å². The maximum atomic E-state index is 11.0. The molecule has 0 radical (unpaired) electrons. The van der Waals surface area contributed by atoms with Crippen LogP contribution in [-0.2, 0) is 0 Å². The molecule has 0 amide bonds. The maximum Gasteiger partial charge on any atom is 0.0988 e. The van der Waals surface area contributed by atoms with Gasteiger partial charge in [0.05, 0.1) is 21.7 Å². The molecule has 0 aliphatic heterocycles. The van der Waals surface area contributed by atoms with E-state index in [1.807, 2.05) is 26.2 Å². The van der Waals surface area contributed by atoms with Crippen LogP contribution in [0.5, 0.6) is 0 Å². The van der Waals surface area contributed by atoms with Gasteiger partial charge in [0.1, 0.15) is 0 Å². The predicted molar refractivity (Wildman–Crippen MR) is 85.5 cm³/mol. The number of nitrogens with zero attached hydrogens (tertiary/aromatic N) is 1. The van der Waals surface area contributed by atoms with E-state index in [2.05, 4.69) is 11.8 Å². The number of likely N-dealkylation sites (N-methyl/N-ethyl adjacent to an activating group) is 1. The molecule has 1 aromatic carbocycles. The number of hydrogen-bond donors (Lipinski definition) is 1. The van der Waals surface area contributed by atoms with Crippen molar-refractivity contribution in [3.8, 4) is 0 Å². The molecule has 0 heterocycles. The average Bonchev–Trinajstić information content (AvgIpc) is 2.42. The van der Waals surface area contributed by atoms with Gasteiger partial charge in [-0.05, 0) is 51.8 Å². The molecule has 1 saturated carbocycles. The van der Waals surface area contributed by atoms with E-state index in [1.165, 1.54) is 0 Å². The Bertz CT molecular complexity index is 468. The normalized spacial score (nSPS) is 28.6. The molecule has 0 aromatic heterocycles. The van der Waals surface area contributed by atoms with Crippen molar-refractivity contribution in [2.45, 2.75) is 44.2 Å². The smallest absolute Gasteiger partial charge is 0.0988 e. The van der Waals surface area contributed by atoms with Crippen molar-refractivity contribution in [3.05, 3.63) is 33.8 Å². The third kappa shape index (κ3) is 2.85. The SMILES string of the molecule is CC1CCC(C(O)c2cccc(Cl)c2Cl)(N(C)C)CC1. The van der Waals surface area contributed by atoms with E-state index in [0.717, 1.165) is 37.2 Å². The first-order chi connectivity index (χ1) is 9.38. The zero-order chi connectivity index (χ0) is 14.9. The Morgan fingerprint density at radius 3 is 2.40 bits per heavy atom. The molecule has 1 aliphatic carbocycles. The fraction of sp³-hybridized carbons (Fsp3) is 0.625. The fourth-order valence-corrected chi connectivity index (χ4v) is 3.66. The van der Waals surface area contributed by atoms with E-state index in [9.17, 15) is 5.11 Å². The summed E-state index contributed by atoms with van der Waals surface area (Å²) in [5.41, 5.74) is 0.489. The number of halogens is 2. The quantitative estimate of drug-likeness (QED) is 0.885. The van der Waals surface area contributed by atoms with E-state index in [1.54, 1.807) is 6.07 Å². The van der Waals surface area contributed by atoms with Crippen molar-refractivity contribution >= 4 is 23.2 Å². The van der Waals surface area contributed by atoms with Gasteiger partial charge in [-0.25, -0.2) is 0 Å². The molecular weight excluding hydrogens is 293 g/mol. The summed E-state index contributed by atoms with van der Waals surface area (Å²) >= 11 is 12.4. The molecule has 0 bridgehead atoms. The van der Waals surface area contributed by atoms with Crippen LogP contribution in [0, 0.1) is 5.92 Å². The van der Waals surface area contributed by atoms with E-state index in [0.29, 0.717) is 10.0 Å². The molecule has 0 spiro atoms. The zero-order valence-electron chi connectivity index (χ0n) is 12.4. The van der Waals surface area contributed by atoms with Crippen LogP contribution in [0.4, 0.5) is 0 Å². The van der Waals surface area contributed by atoms with Crippen LogP contribution in [0.15, 0.2) is 18.2 Å². The second-order valence-electron chi connectivity index (χ2n) is 6.23. The molecule has 0 saturated heterocycles. The molecule has 2 nitrogen and oxygen atoms in total. The lowest BCUT2D eigenvalue weighted by molar-refractivity contribution is -0.0407. The molecule has 1 aliphatic rings. The Kier molecular flexibility index (Phi) is 5.01. The van der Waals surface area contributed by atoms with Crippen LogP contribution in [0.3, 0.4) is 0 Å². The fourth-order valence-electron chi connectivity index (χ4n) is 3.25. The summed E-state index contributed by atoms with van der Waals surface area (Å²) in [6.07, 6.45) is 3.60. The number of aliphatic hydroxyl groups is 1. The van der Waals surface area contributed by atoms with Crippen molar-refractivity contribution in [3.63, 3.8) is 0 Å². The van der Waals surface area contributed by atoms with Crippen LogP contribution in [0.2, 0.25) is 10.0 Å². The second kappa shape index (κ2) is 6.23. The highest BCUT2D eigenvalue weighted by Crippen LogP contribution is 2.45. The Labute approximate surface area is 131 Å². The first kappa shape index (κ1) is 16.1.